The highest BCUT2D eigenvalue weighted by molar-refractivity contribution is 7.89. The number of primary amides is 1. The van der Waals surface area contributed by atoms with Gasteiger partial charge in [-0.15, -0.1) is 0 Å². The highest BCUT2D eigenvalue weighted by atomic mass is 32.2. The number of hydrogen-bond acceptors (Lipinski definition) is 5. The van der Waals surface area contributed by atoms with Gasteiger partial charge < -0.3 is 16.8 Å². The lowest BCUT2D eigenvalue weighted by molar-refractivity contribution is 0.100. The number of nitrogen functional groups attached to an aromatic ring is 1. The molecule has 0 aromatic heterocycles. The maximum absolute atomic E-state index is 13.5. The predicted molar refractivity (Wildman–Crippen MR) is 70.7 cm³/mol. The van der Waals surface area contributed by atoms with Crippen molar-refractivity contribution in [3.05, 3.63) is 23.5 Å². The molecule has 0 atom stereocenters. The molecule has 19 heavy (non-hydrogen) atoms. The van der Waals surface area contributed by atoms with Crippen LogP contribution in [0.1, 0.15) is 10.4 Å². The predicted octanol–water partition coefficient (Wildman–Crippen LogP) is -0.532. The Morgan fingerprint density at radius 2 is 2.05 bits per heavy atom. The second kappa shape index (κ2) is 5.85. The lowest BCUT2D eigenvalue weighted by atomic mass is 10.1. The van der Waals surface area contributed by atoms with Gasteiger partial charge in [0.1, 0.15) is 5.82 Å². The first-order chi connectivity index (χ1) is 8.76. The van der Waals surface area contributed by atoms with Crippen molar-refractivity contribution in [1.29, 1.82) is 0 Å². The molecule has 0 spiro atoms. The number of nitrogens with two attached hydrogens (primary N) is 2. The number of carbonyl (C=O) groups excluding carboxylic acids is 1. The minimum atomic E-state index is -3.39. The fraction of sp³-hybridized carbons (Fsp3) is 0.300. The molecule has 0 aliphatic rings. The summed E-state index contributed by atoms with van der Waals surface area (Å²) in [5.74, 6) is -1.72. The summed E-state index contributed by atoms with van der Waals surface area (Å²) >= 11 is 0. The van der Waals surface area contributed by atoms with E-state index >= 15 is 0 Å². The zero-order chi connectivity index (χ0) is 14.6. The third kappa shape index (κ3) is 4.07. The molecule has 9 heteroatoms. The average molecular weight is 290 g/mol. The van der Waals surface area contributed by atoms with E-state index < -0.39 is 21.7 Å². The first kappa shape index (κ1) is 15.2. The van der Waals surface area contributed by atoms with Gasteiger partial charge in [-0.1, -0.05) is 0 Å². The summed E-state index contributed by atoms with van der Waals surface area (Å²) < 4.78 is 38.0. The summed E-state index contributed by atoms with van der Waals surface area (Å²) in [4.78, 5) is 11.1. The van der Waals surface area contributed by atoms with Gasteiger partial charge in [-0.3, -0.25) is 4.79 Å². The Labute approximate surface area is 110 Å². The van der Waals surface area contributed by atoms with Crippen LogP contribution in [0.5, 0.6) is 0 Å². The van der Waals surface area contributed by atoms with Crippen LogP contribution in [0.15, 0.2) is 12.1 Å². The van der Waals surface area contributed by atoms with Crippen LogP contribution in [0.4, 0.5) is 15.8 Å². The minimum Gasteiger partial charge on any atom is -0.398 e. The van der Waals surface area contributed by atoms with Crippen molar-refractivity contribution in [3.63, 3.8) is 0 Å². The number of benzene rings is 1. The Morgan fingerprint density at radius 3 is 2.58 bits per heavy atom. The van der Waals surface area contributed by atoms with Gasteiger partial charge in [-0.2, -0.15) is 0 Å². The number of sulfonamides is 1. The standard InChI is InChI=1S/C10H15FN4O3S/c1-14-19(17,18)3-2-15-9-4-6(10(13)16)8(12)5-7(9)11/h4-5,14-15H,2-3,12H2,1H3,(H2,13,16). The van der Waals surface area contributed by atoms with Gasteiger partial charge >= 0.3 is 0 Å². The second-order valence-corrected chi connectivity index (χ2v) is 5.78. The molecule has 0 bridgehead atoms. The maximum Gasteiger partial charge on any atom is 0.250 e. The molecular formula is C10H15FN4O3S. The molecular weight excluding hydrogens is 275 g/mol. The van der Waals surface area contributed by atoms with Crippen LogP contribution in [0.3, 0.4) is 0 Å². The van der Waals surface area contributed by atoms with E-state index in [4.69, 9.17) is 11.5 Å². The minimum absolute atomic E-state index is 0.0256. The highest BCUT2D eigenvalue weighted by Crippen LogP contribution is 2.21. The SMILES string of the molecule is CNS(=O)(=O)CCNc1cc(C(N)=O)c(N)cc1F. The van der Waals surface area contributed by atoms with Crippen molar-refractivity contribution in [2.75, 3.05) is 30.4 Å². The van der Waals surface area contributed by atoms with Crippen LogP contribution in [-0.2, 0) is 10.0 Å². The molecule has 0 aliphatic carbocycles. The Balaban J connectivity index is 2.85. The number of rotatable bonds is 6. The first-order valence-electron chi connectivity index (χ1n) is 5.30. The van der Waals surface area contributed by atoms with E-state index in [0.717, 1.165) is 12.1 Å². The Bertz CT molecular complexity index is 589. The molecule has 0 saturated carbocycles. The van der Waals surface area contributed by atoms with Gasteiger partial charge in [-0.25, -0.2) is 17.5 Å². The topological polar surface area (TPSA) is 127 Å². The second-order valence-electron chi connectivity index (χ2n) is 3.73. The van der Waals surface area contributed by atoms with Gasteiger partial charge in [0.05, 0.1) is 17.0 Å². The highest BCUT2D eigenvalue weighted by Gasteiger charge is 2.12. The third-order valence-electron chi connectivity index (χ3n) is 2.40. The third-order valence-corrected chi connectivity index (χ3v) is 3.77. The average Bonchev–Trinajstić information content (AvgIpc) is 2.31. The van der Waals surface area contributed by atoms with E-state index in [-0.39, 0.29) is 29.2 Å². The summed E-state index contributed by atoms with van der Waals surface area (Å²) in [6.45, 7) is -0.0256. The van der Waals surface area contributed by atoms with Crippen molar-refractivity contribution in [1.82, 2.24) is 4.72 Å². The van der Waals surface area contributed by atoms with E-state index in [9.17, 15) is 17.6 Å². The zero-order valence-electron chi connectivity index (χ0n) is 10.2. The molecule has 6 N–H and O–H groups in total. The zero-order valence-corrected chi connectivity index (χ0v) is 11.1. The van der Waals surface area contributed by atoms with Crippen LogP contribution in [-0.4, -0.2) is 33.7 Å². The molecule has 0 heterocycles. The van der Waals surface area contributed by atoms with Crippen LogP contribution >= 0.6 is 0 Å². The fourth-order valence-electron chi connectivity index (χ4n) is 1.36. The molecule has 1 amide bonds. The summed E-state index contributed by atoms with van der Waals surface area (Å²) in [7, 11) is -2.11. The lowest BCUT2D eigenvalue weighted by Gasteiger charge is -2.10. The fourth-order valence-corrected chi connectivity index (χ4v) is 1.93. The van der Waals surface area contributed by atoms with Gasteiger partial charge in [0.25, 0.3) is 5.91 Å². The summed E-state index contributed by atoms with van der Waals surface area (Å²) in [6.07, 6.45) is 0. The van der Waals surface area contributed by atoms with Crippen molar-refractivity contribution < 1.29 is 17.6 Å². The molecule has 106 valence electrons. The summed E-state index contributed by atoms with van der Waals surface area (Å²) in [5, 5.41) is 2.57. The molecule has 1 aromatic carbocycles. The van der Waals surface area contributed by atoms with Crippen molar-refractivity contribution in [2.45, 2.75) is 0 Å². The molecule has 1 aromatic rings. The monoisotopic (exact) mass is 290 g/mol. The van der Waals surface area contributed by atoms with E-state index in [1.807, 2.05) is 0 Å². The van der Waals surface area contributed by atoms with Crippen molar-refractivity contribution >= 4 is 27.3 Å². The number of hydrogen-bond donors (Lipinski definition) is 4. The van der Waals surface area contributed by atoms with E-state index in [1.165, 1.54) is 7.05 Å². The summed E-state index contributed by atoms with van der Waals surface area (Å²) in [5.41, 5.74) is 10.4. The van der Waals surface area contributed by atoms with Crippen LogP contribution < -0.4 is 21.5 Å². The molecule has 0 unspecified atom stereocenters. The summed E-state index contributed by atoms with van der Waals surface area (Å²) in [6, 6.07) is 2.11. The quantitative estimate of drug-likeness (QED) is 0.524. The number of carbonyl (C=O) groups is 1. The lowest BCUT2D eigenvalue weighted by Crippen LogP contribution is -2.26. The Morgan fingerprint density at radius 1 is 1.42 bits per heavy atom. The number of amides is 1. The molecule has 0 aliphatic heterocycles. The molecule has 0 fully saturated rings. The van der Waals surface area contributed by atoms with Gasteiger partial charge in [0.2, 0.25) is 10.0 Å². The normalized spacial score (nSPS) is 11.3. The van der Waals surface area contributed by atoms with E-state index in [1.54, 1.807) is 0 Å². The Hall–Kier alpha value is -1.87. The number of nitrogens with one attached hydrogen (secondary N) is 2. The smallest absolute Gasteiger partial charge is 0.250 e. The Kier molecular flexibility index (Phi) is 4.67. The van der Waals surface area contributed by atoms with Crippen molar-refractivity contribution in [2.24, 2.45) is 5.73 Å². The van der Waals surface area contributed by atoms with Gasteiger partial charge in [0.15, 0.2) is 0 Å². The van der Waals surface area contributed by atoms with Crippen LogP contribution in [0.25, 0.3) is 0 Å². The molecule has 1 rings (SSSR count). The molecule has 0 saturated heterocycles. The van der Waals surface area contributed by atoms with Crippen molar-refractivity contribution in [3.8, 4) is 0 Å². The number of halogens is 1. The molecule has 0 radical (unpaired) electrons. The van der Waals surface area contributed by atoms with Gasteiger partial charge in [0, 0.05) is 12.2 Å². The molecule has 7 nitrogen and oxygen atoms in total. The van der Waals surface area contributed by atoms with Gasteiger partial charge in [-0.05, 0) is 19.2 Å². The maximum atomic E-state index is 13.5. The largest absolute Gasteiger partial charge is 0.398 e. The first-order valence-corrected chi connectivity index (χ1v) is 6.96. The van der Waals surface area contributed by atoms with Crippen LogP contribution in [0.2, 0.25) is 0 Å². The van der Waals surface area contributed by atoms with E-state index in [2.05, 4.69) is 10.0 Å². The number of anilines is 2. The van der Waals surface area contributed by atoms with E-state index in [0.29, 0.717) is 0 Å². The van der Waals surface area contributed by atoms with Crippen LogP contribution in [0, 0.1) is 5.82 Å².